The zero-order chi connectivity index (χ0) is 21.8. The Hall–Kier alpha value is -3.13. The van der Waals surface area contributed by atoms with Crippen LogP contribution in [0, 0.1) is 10.1 Å². The first-order chi connectivity index (χ1) is 14.2. The van der Waals surface area contributed by atoms with Gasteiger partial charge in [0, 0.05) is 28.5 Å². The van der Waals surface area contributed by atoms with Crippen LogP contribution in [-0.2, 0) is 0 Å². The van der Waals surface area contributed by atoms with E-state index in [1.165, 1.54) is 24.3 Å². The Morgan fingerprint density at radius 3 is 1.80 bits per heavy atom. The molecule has 7 nitrogen and oxygen atoms in total. The van der Waals surface area contributed by atoms with Crippen molar-refractivity contribution < 1.29 is 14.5 Å². The van der Waals surface area contributed by atoms with Gasteiger partial charge in [0.1, 0.15) is 0 Å². The fourth-order valence-corrected chi connectivity index (χ4v) is 3.30. The van der Waals surface area contributed by atoms with E-state index in [9.17, 15) is 19.7 Å². The Labute approximate surface area is 185 Å². The average molecular weight is 465 g/mol. The lowest BCUT2D eigenvalue weighted by Gasteiger charge is -2.10. The van der Waals surface area contributed by atoms with E-state index in [-0.39, 0.29) is 26.9 Å². The molecular weight excluding hydrogens is 453 g/mol. The van der Waals surface area contributed by atoms with Gasteiger partial charge in [-0.05, 0) is 42.5 Å². The van der Waals surface area contributed by atoms with Crippen molar-refractivity contribution in [2.24, 2.45) is 0 Å². The summed E-state index contributed by atoms with van der Waals surface area (Å²) in [4.78, 5) is 35.1. The number of carbonyl (C=O) groups excluding carboxylic acids is 2. The number of nitrogens with one attached hydrogen (secondary N) is 2. The normalized spacial score (nSPS) is 10.4. The molecule has 0 heterocycles. The van der Waals surface area contributed by atoms with Crippen molar-refractivity contribution in [2.75, 3.05) is 10.6 Å². The van der Waals surface area contributed by atoms with E-state index in [0.29, 0.717) is 16.4 Å². The molecule has 0 aliphatic rings. The lowest BCUT2D eigenvalue weighted by Crippen LogP contribution is -2.14. The third-order valence-corrected chi connectivity index (χ3v) is 4.82. The second-order valence-corrected chi connectivity index (χ2v) is 7.29. The molecule has 0 atom stereocenters. The molecule has 0 aliphatic carbocycles. The van der Waals surface area contributed by atoms with E-state index in [1.54, 1.807) is 30.3 Å². The Morgan fingerprint density at radius 2 is 1.30 bits per heavy atom. The fourth-order valence-electron chi connectivity index (χ4n) is 2.55. The number of nitro benzene ring substituents is 1. The second kappa shape index (κ2) is 9.13. The number of carbonyl (C=O) groups is 2. The van der Waals surface area contributed by atoms with Gasteiger partial charge in [-0.2, -0.15) is 0 Å². The lowest BCUT2D eigenvalue weighted by atomic mass is 10.1. The first-order valence-electron chi connectivity index (χ1n) is 8.36. The van der Waals surface area contributed by atoms with E-state index < -0.39 is 16.7 Å². The number of nitrogens with zero attached hydrogens (tertiary/aromatic N) is 1. The third-order valence-electron chi connectivity index (χ3n) is 3.96. The highest BCUT2D eigenvalue weighted by Crippen LogP contribution is 2.25. The highest BCUT2D eigenvalue weighted by molar-refractivity contribution is 6.37. The minimum atomic E-state index is -0.605. The summed E-state index contributed by atoms with van der Waals surface area (Å²) in [5.74, 6) is -1.00. The average Bonchev–Trinajstić information content (AvgIpc) is 2.67. The monoisotopic (exact) mass is 463 g/mol. The summed E-state index contributed by atoms with van der Waals surface area (Å²) in [6.45, 7) is 0. The van der Waals surface area contributed by atoms with Crippen LogP contribution in [0.2, 0.25) is 15.1 Å². The van der Waals surface area contributed by atoms with E-state index >= 15 is 0 Å². The predicted molar refractivity (Wildman–Crippen MR) is 117 cm³/mol. The van der Waals surface area contributed by atoms with E-state index in [4.69, 9.17) is 34.8 Å². The summed E-state index contributed by atoms with van der Waals surface area (Å²) in [6, 6.07) is 14.5. The number of benzene rings is 3. The molecule has 2 N–H and O–H groups in total. The van der Waals surface area contributed by atoms with Gasteiger partial charge in [-0.3, -0.25) is 19.7 Å². The predicted octanol–water partition coefficient (Wildman–Crippen LogP) is 6.06. The molecule has 30 heavy (non-hydrogen) atoms. The molecule has 2 amide bonds. The smallest absolute Gasteiger partial charge is 0.270 e. The van der Waals surface area contributed by atoms with Gasteiger partial charge in [-0.15, -0.1) is 0 Å². The Balaban J connectivity index is 1.75. The van der Waals surface area contributed by atoms with Crippen LogP contribution in [0.1, 0.15) is 20.7 Å². The van der Waals surface area contributed by atoms with Crippen LogP contribution in [-0.4, -0.2) is 16.7 Å². The molecule has 10 heteroatoms. The lowest BCUT2D eigenvalue weighted by molar-refractivity contribution is -0.384. The van der Waals surface area contributed by atoms with Crippen molar-refractivity contribution in [3.8, 4) is 0 Å². The van der Waals surface area contributed by atoms with Gasteiger partial charge in [0.15, 0.2) is 0 Å². The third kappa shape index (κ3) is 5.07. The SMILES string of the molecule is O=C(Nc1cccc(NC(=O)c2ccc([N+](=O)[O-])cc2Cl)c1)c1ccc(Cl)cc1Cl. The summed E-state index contributed by atoms with van der Waals surface area (Å²) in [7, 11) is 0. The summed E-state index contributed by atoms with van der Waals surface area (Å²) in [5, 5.41) is 16.7. The van der Waals surface area contributed by atoms with E-state index in [1.807, 2.05) is 0 Å². The van der Waals surface area contributed by atoms with Crippen LogP contribution in [0.15, 0.2) is 60.7 Å². The zero-order valence-electron chi connectivity index (χ0n) is 15.0. The van der Waals surface area contributed by atoms with Crippen LogP contribution in [0.4, 0.5) is 17.1 Å². The Bertz CT molecular complexity index is 1170. The van der Waals surface area contributed by atoms with Crippen molar-refractivity contribution in [1.82, 2.24) is 0 Å². The minimum absolute atomic E-state index is 0.0523. The number of nitro groups is 1. The van der Waals surface area contributed by atoms with Crippen molar-refractivity contribution in [2.45, 2.75) is 0 Å². The summed E-state index contributed by atoms with van der Waals surface area (Å²) >= 11 is 17.9. The molecule has 0 unspecified atom stereocenters. The molecule has 0 saturated carbocycles. The maximum atomic E-state index is 12.5. The van der Waals surface area contributed by atoms with Crippen molar-refractivity contribution in [3.05, 3.63) is 97.0 Å². The minimum Gasteiger partial charge on any atom is -0.322 e. The van der Waals surface area contributed by atoms with Gasteiger partial charge in [-0.1, -0.05) is 40.9 Å². The quantitative estimate of drug-likeness (QED) is 0.354. The van der Waals surface area contributed by atoms with Gasteiger partial charge in [-0.25, -0.2) is 0 Å². The molecule has 152 valence electrons. The zero-order valence-corrected chi connectivity index (χ0v) is 17.3. The Morgan fingerprint density at radius 1 is 0.767 bits per heavy atom. The van der Waals surface area contributed by atoms with Gasteiger partial charge >= 0.3 is 0 Å². The fraction of sp³-hybridized carbons (Fsp3) is 0. The highest BCUT2D eigenvalue weighted by atomic mass is 35.5. The largest absolute Gasteiger partial charge is 0.322 e. The van der Waals surface area contributed by atoms with Gasteiger partial charge in [0.2, 0.25) is 0 Å². The van der Waals surface area contributed by atoms with Crippen LogP contribution >= 0.6 is 34.8 Å². The summed E-state index contributed by atoms with van der Waals surface area (Å²) < 4.78 is 0. The number of halogens is 3. The summed E-state index contributed by atoms with van der Waals surface area (Å²) in [6.07, 6.45) is 0. The second-order valence-electron chi connectivity index (χ2n) is 6.03. The topological polar surface area (TPSA) is 101 Å². The Kier molecular flexibility index (Phi) is 6.56. The van der Waals surface area contributed by atoms with Crippen LogP contribution in [0.3, 0.4) is 0 Å². The number of hydrogen-bond acceptors (Lipinski definition) is 4. The van der Waals surface area contributed by atoms with Crippen LogP contribution < -0.4 is 10.6 Å². The van der Waals surface area contributed by atoms with Crippen molar-refractivity contribution in [3.63, 3.8) is 0 Å². The van der Waals surface area contributed by atoms with E-state index in [2.05, 4.69) is 10.6 Å². The highest BCUT2D eigenvalue weighted by Gasteiger charge is 2.16. The molecule has 0 bridgehead atoms. The summed E-state index contributed by atoms with van der Waals surface area (Å²) in [5.41, 5.74) is 0.896. The van der Waals surface area contributed by atoms with E-state index in [0.717, 1.165) is 6.07 Å². The molecule has 0 spiro atoms. The molecule has 3 aromatic rings. The molecule has 0 fully saturated rings. The number of anilines is 2. The van der Waals surface area contributed by atoms with Gasteiger partial charge in [0.25, 0.3) is 17.5 Å². The molecule has 0 aliphatic heterocycles. The molecule has 3 aromatic carbocycles. The van der Waals surface area contributed by atoms with Crippen molar-refractivity contribution in [1.29, 1.82) is 0 Å². The van der Waals surface area contributed by atoms with Gasteiger partial charge in [0.05, 0.1) is 26.1 Å². The molecular formula is C20H12Cl3N3O4. The standard InChI is InChI=1S/C20H12Cl3N3O4/c21-11-4-6-15(17(22)8-11)19(27)24-12-2-1-3-13(9-12)25-20(28)16-7-5-14(26(29)30)10-18(16)23/h1-10H,(H,24,27)(H,25,28). The van der Waals surface area contributed by atoms with Crippen LogP contribution in [0.5, 0.6) is 0 Å². The maximum Gasteiger partial charge on any atom is 0.270 e. The molecule has 3 rings (SSSR count). The van der Waals surface area contributed by atoms with Gasteiger partial charge < -0.3 is 10.6 Å². The number of non-ortho nitro benzene ring substituents is 1. The number of amides is 2. The number of hydrogen-bond donors (Lipinski definition) is 2. The first-order valence-corrected chi connectivity index (χ1v) is 9.50. The first kappa shape index (κ1) is 21.6. The number of rotatable bonds is 5. The van der Waals surface area contributed by atoms with Crippen LogP contribution in [0.25, 0.3) is 0 Å². The van der Waals surface area contributed by atoms with Crippen molar-refractivity contribution >= 4 is 63.7 Å². The molecule has 0 radical (unpaired) electrons. The maximum absolute atomic E-state index is 12.5. The molecule has 0 saturated heterocycles. The molecule has 0 aromatic heterocycles.